The molecule has 0 unspecified atom stereocenters. The van der Waals surface area contributed by atoms with Crippen LogP contribution < -0.4 is 4.74 Å². The van der Waals surface area contributed by atoms with Gasteiger partial charge >= 0.3 is 0 Å². The highest BCUT2D eigenvalue weighted by Gasteiger charge is 2.35. The number of ether oxygens (including phenoxy) is 1. The number of hydrogen-bond donors (Lipinski definition) is 1. The molecule has 0 saturated carbocycles. The van der Waals surface area contributed by atoms with Crippen LogP contribution in [0, 0.1) is 0 Å². The van der Waals surface area contributed by atoms with Gasteiger partial charge in [0.15, 0.2) is 5.78 Å². The fraction of sp³-hybridized carbons (Fsp3) is 0.0909. The lowest BCUT2D eigenvalue weighted by atomic mass is 9.81. The minimum absolute atomic E-state index is 0.0310. The van der Waals surface area contributed by atoms with Gasteiger partial charge in [-0.3, -0.25) is 9.59 Å². The number of phenols is 1. The fourth-order valence-electron chi connectivity index (χ4n) is 3.41. The average Bonchev–Trinajstić information content (AvgIpc) is 2.68. The number of methoxy groups -OCH3 is 1. The van der Waals surface area contributed by atoms with Gasteiger partial charge in [0, 0.05) is 22.6 Å². The van der Waals surface area contributed by atoms with Gasteiger partial charge in [-0.1, -0.05) is 41.9 Å². The van der Waals surface area contributed by atoms with Crippen LogP contribution in [0.5, 0.6) is 11.5 Å². The first-order chi connectivity index (χ1) is 13.0. The van der Waals surface area contributed by atoms with Crippen LogP contribution in [0.3, 0.4) is 0 Å². The normalized spacial score (nSPS) is 12.5. The summed E-state index contributed by atoms with van der Waals surface area (Å²) in [6.45, 7) is 0. The van der Waals surface area contributed by atoms with Crippen molar-refractivity contribution in [3.8, 4) is 11.5 Å². The zero-order valence-electron chi connectivity index (χ0n) is 14.5. The number of ketones is 2. The second kappa shape index (κ2) is 6.56. The van der Waals surface area contributed by atoms with Gasteiger partial charge in [0.05, 0.1) is 18.2 Å². The third-order valence-electron chi connectivity index (χ3n) is 4.76. The van der Waals surface area contributed by atoms with Crippen LogP contribution in [-0.4, -0.2) is 23.8 Å². The van der Waals surface area contributed by atoms with Gasteiger partial charge in [-0.25, -0.2) is 0 Å². The molecule has 3 aromatic carbocycles. The standard InChI is InChI=1S/C22H15ClO4/c1-27-17-4-2-3-15-18(17)22(26)19-16(21(15)25)10-7-13(20(19)24)11-12-5-8-14(23)9-6-12/h2-10,24H,11H2,1H3. The predicted octanol–water partition coefficient (Wildman–Crippen LogP) is 4.42. The molecule has 0 aromatic heterocycles. The molecule has 1 aliphatic carbocycles. The van der Waals surface area contributed by atoms with E-state index in [9.17, 15) is 14.7 Å². The molecule has 1 N–H and O–H groups in total. The Hall–Kier alpha value is -3.11. The monoisotopic (exact) mass is 378 g/mol. The van der Waals surface area contributed by atoms with E-state index in [-0.39, 0.29) is 33.8 Å². The molecule has 27 heavy (non-hydrogen) atoms. The van der Waals surface area contributed by atoms with Crippen molar-refractivity contribution in [1.82, 2.24) is 0 Å². The first-order valence-electron chi connectivity index (χ1n) is 8.37. The number of carbonyl (C=O) groups is 2. The molecule has 0 aliphatic heterocycles. The molecular formula is C22H15ClO4. The summed E-state index contributed by atoms with van der Waals surface area (Å²) < 4.78 is 5.26. The Balaban J connectivity index is 1.83. The van der Waals surface area contributed by atoms with Gasteiger partial charge in [0.1, 0.15) is 11.5 Å². The summed E-state index contributed by atoms with van der Waals surface area (Å²) in [4.78, 5) is 25.9. The molecule has 0 saturated heterocycles. The van der Waals surface area contributed by atoms with E-state index in [4.69, 9.17) is 16.3 Å². The molecule has 0 amide bonds. The number of carbonyl (C=O) groups excluding carboxylic acids is 2. The van der Waals surface area contributed by atoms with E-state index < -0.39 is 5.78 Å². The number of benzene rings is 3. The van der Waals surface area contributed by atoms with E-state index >= 15 is 0 Å². The molecule has 3 aromatic rings. The Labute approximate surface area is 161 Å². The highest BCUT2D eigenvalue weighted by Crippen LogP contribution is 2.38. The van der Waals surface area contributed by atoms with Gasteiger partial charge in [-0.2, -0.15) is 0 Å². The third kappa shape index (κ3) is 2.78. The number of phenolic OH excluding ortho intramolecular Hbond substituents is 1. The van der Waals surface area contributed by atoms with Crippen molar-refractivity contribution in [2.75, 3.05) is 7.11 Å². The topological polar surface area (TPSA) is 63.6 Å². The van der Waals surface area contributed by atoms with Gasteiger partial charge in [0.25, 0.3) is 0 Å². The van der Waals surface area contributed by atoms with Crippen molar-refractivity contribution in [3.05, 3.63) is 93.0 Å². The van der Waals surface area contributed by atoms with Crippen molar-refractivity contribution < 1.29 is 19.4 Å². The van der Waals surface area contributed by atoms with Crippen LogP contribution >= 0.6 is 11.6 Å². The highest BCUT2D eigenvalue weighted by atomic mass is 35.5. The third-order valence-corrected chi connectivity index (χ3v) is 5.01. The van der Waals surface area contributed by atoms with Crippen LogP contribution in [0.15, 0.2) is 54.6 Å². The van der Waals surface area contributed by atoms with Gasteiger partial charge < -0.3 is 9.84 Å². The summed E-state index contributed by atoms with van der Waals surface area (Å²) in [7, 11) is 1.44. The maximum atomic E-state index is 13.1. The molecule has 0 spiro atoms. The van der Waals surface area contributed by atoms with Crippen LogP contribution in [0.1, 0.15) is 43.0 Å². The zero-order chi connectivity index (χ0) is 19.1. The van der Waals surface area contributed by atoms with E-state index in [1.54, 1.807) is 42.5 Å². The summed E-state index contributed by atoms with van der Waals surface area (Å²) in [5.74, 6) is -0.560. The Morgan fingerprint density at radius 2 is 1.59 bits per heavy atom. The molecule has 4 rings (SSSR count). The SMILES string of the molecule is COc1cccc2c1C(=O)c1c(ccc(Cc3ccc(Cl)cc3)c1O)C2=O. The molecule has 4 nitrogen and oxygen atoms in total. The Morgan fingerprint density at radius 1 is 0.889 bits per heavy atom. The summed E-state index contributed by atoms with van der Waals surface area (Å²) in [6, 6.07) is 15.4. The molecular weight excluding hydrogens is 364 g/mol. The molecule has 0 heterocycles. The zero-order valence-corrected chi connectivity index (χ0v) is 15.2. The number of rotatable bonds is 3. The quantitative estimate of drug-likeness (QED) is 0.573. The van der Waals surface area contributed by atoms with Gasteiger partial charge in [-0.15, -0.1) is 0 Å². The Bertz CT molecular complexity index is 1080. The lowest BCUT2D eigenvalue weighted by Crippen LogP contribution is -2.22. The Morgan fingerprint density at radius 3 is 2.30 bits per heavy atom. The van der Waals surface area contributed by atoms with Crippen molar-refractivity contribution in [2.24, 2.45) is 0 Å². The average molecular weight is 379 g/mol. The van der Waals surface area contributed by atoms with Crippen LogP contribution in [-0.2, 0) is 6.42 Å². The van der Waals surface area contributed by atoms with Crippen molar-refractivity contribution in [3.63, 3.8) is 0 Å². The molecule has 0 radical (unpaired) electrons. The molecule has 134 valence electrons. The fourth-order valence-corrected chi connectivity index (χ4v) is 3.54. The first-order valence-corrected chi connectivity index (χ1v) is 8.74. The van der Waals surface area contributed by atoms with Crippen molar-refractivity contribution in [1.29, 1.82) is 0 Å². The summed E-state index contributed by atoms with van der Waals surface area (Å²) in [5, 5.41) is 11.4. The molecule has 5 heteroatoms. The van der Waals surface area contributed by atoms with Crippen molar-refractivity contribution >= 4 is 23.2 Å². The van der Waals surface area contributed by atoms with E-state index in [1.807, 2.05) is 12.1 Å². The van der Waals surface area contributed by atoms with Gasteiger partial charge in [-0.05, 0) is 35.4 Å². The lowest BCUT2D eigenvalue weighted by molar-refractivity contribution is 0.0974. The smallest absolute Gasteiger partial charge is 0.201 e. The van der Waals surface area contributed by atoms with Crippen LogP contribution in [0.25, 0.3) is 0 Å². The van der Waals surface area contributed by atoms with Crippen molar-refractivity contribution in [2.45, 2.75) is 6.42 Å². The van der Waals surface area contributed by atoms with Crippen LogP contribution in [0.2, 0.25) is 5.02 Å². The summed E-state index contributed by atoms with van der Waals surface area (Å²) in [5.41, 5.74) is 2.22. The minimum Gasteiger partial charge on any atom is -0.507 e. The second-order valence-electron chi connectivity index (χ2n) is 6.34. The van der Waals surface area contributed by atoms with E-state index in [0.717, 1.165) is 5.56 Å². The number of hydrogen-bond acceptors (Lipinski definition) is 4. The van der Waals surface area contributed by atoms with Gasteiger partial charge in [0.2, 0.25) is 5.78 Å². The maximum Gasteiger partial charge on any atom is 0.201 e. The number of fused-ring (bicyclic) bond motifs is 2. The predicted molar refractivity (Wildman–Crippen MR) is 102 cm³/mol. The number of halogens is 1. The molecule has 0 bridgehead atoms. The molecule has 0 fully saturated rings. The first kappa shape index (κ1) is 17.3. The summed E-state index contributed by atoms with van der Waals surface area (Å²) in [6.07, 6.45) is 0.413. The summed E-state index contributed by atoms with van der Waals surface area (Å²) >= 11 is 5.91. The number of aromatic hydroxyl groups is 1. The van der Waals surface area contributed by atoms with E-state index in [1.165, 1.54) is 7.11 Å². The van der Waals surface area contributed by atoms with E-state index in [0.29, 0.717) is 22.8 Å². The van der Waals surface area contributed by atoms with E-state index in [2.05, 4.69) is 0 Å². The molecule has 0 atom stereocenters. The molecule has 1 aliphatic rings. The van der Waals surface area contributed by atoms with Crippen LogP contribution in [0.4, 0.5) is 0 Å². The minimum atomic E-state index is -0.410. The second-order valence-corrected chi connectivity index (χ2v) is 6.78. The highest BCUT2D eigenvalue weighted by molar-refractivity contribution is 6.31. The maximum absolute atomic E-state index is 13.1. The lowest BCUT2D eigenvalue weighted by Gasteiger charge is -2.21. The largest absolute Gasteiger partial charge is 0.507 e. The Kier molecular flexibility index (Phi) is 4.21.